The molecule has 2 aromatic carbocycles. The monoisotopic (exact) mass is 309 g/mol. The summed E-state index contributed by atoms with van der Waals surface area (Å²) in [6, 6.07) is 13.4. The van der Waals surface area contributed by atoms with E-state index in [2.05, 4.69) is 5.32 Å². The second-order valence-electron chi connectivity index (χ2n) is 4.79. The molecule has 0 atom stereocenters. The van der Waals surface area contributed by atoms with Gasteiger partial charge in [-0.25, -0.2) is 0 Å². The maximum absolute atomic E-state index is 6.21. The number of nitrogens with one attached hydrogen (secondary N) is 1. The molecule has 4 heteroatoms. The van der Waals surface area contributed by atoms with Crippen LogP contribution in [0.2, 0.25) is 10.0 Å². The minimum absolute atomic E-state index is 0.116. The lowest BCUT2D eigenvalue weighted by molar-refractivity contribution is 0.242. The molecule has 0 aromatic heterocycles. The fraction of sp³-hybridized carbons (Fsp3) is 0.250. The predicted octanol–water partition coefficient (Wildman–Crippen LogP) is 5.39. The van der Waals surface area contributed by atoms with E-state index in [1.165, 1.54) is 0 Å². The summed E-state index contributed by atoms with van der Waals surface area (Å²) >= 11 is 12.1. The molecular weight excluding hydrogens is 293 g/mol. The molecule has 20 heavy (non-hydrogen) atoms. The molecule has 0 fully saturated rings. The van der Waals surface area contributed by atoms with Gasteiger partial charge in [0.25, 0.3) is 0 Å². The highest BCUT2D eigenvalue weighted by atomic mass is 35.5. The maximum atomic E-state index is 6.21. The zero-order chi connectivity index (χ0) is 14.5. The quantitative estimate of drug-likeness (QED) is 0.799. The Morgan fingerprint density at radius 3 is 2.35 bits per heavy atom. The summed E-state index contributed by atoms with van der Waals surface area (Å²) in [4.78, 5) is 0. The van der Waals surface area contributed by atoms with Crippen molar-refractivity contribution in [3.63, 3.8) is 0 Å². The van der Waals surface area contributed by atoms with E-state index in [0.29, 0.717) is 11.6 Å². The van der Waals surface area contributed by atoms with Gasteiger partial charge < -0.3 is 10.1 Å². The first-order valence-electron chi connectivity index (χ1n) is 6.49. The van der Waals surface area contributed by atoms with Gasteiger partial charge in [-0.3, -0.25) is 0 Å². The molecular formula is C16H17Cl2NO. The molecule has 0 aliphatic heterocycles. The summed E-state index contributed by atoms with van der Waals surface area (Å²) in [5, 5.41) is 4.68. The molecule has 2 nitrogen and oxygen atoms in total. The van der Waals surface area contributed by atoms with Crippen LogP contribution in [0.1, 0.15) is 19.4 Å². The number of halogens is 2. The predicted molar refractivity (Wildman–Crippen MR) is 86.0 cm³/mol. The van der Waals surface area contributed by atoms with Crippen molar-refractivity contribution in [3.05, 3.63) is 58.1 Å². The molecule has 106 valence electrons. The summed E-state index contributed by atoms with van der Waals surface area (Å²) in [5.41, 5.74) is 2.12. The Kier molecular flexibility index (Phi) is 5.16. The van der Waals surface area contributed by atoms with Crippen LogP contribution in [0, 0.1) is 0 Å². The first-order valence-corrected chi connectivity index (χ1v) is 7.24. The normalized spacial score (nSPS) is 10.7. The second-order valence-corrected chi connectivity index (χ2v) is 5.64. The molecule has 0 bridgehead atoms. The molecule has 0 radical (unpaired) electrons. The third-order valence-electron chi connectivity index (χ3n) is 2.70. The lowest BCUT2D eigenvalue weighted by Gasteiger charge is -2.13. The van der Waals surface area contributed by atoms with Gasteiger partial charge >= 0.3 is 0 Å². The van der Waals surface area contributed by atoms with Gasteiger partial charge in [0.1, 0.15) is 5.75 Å². The fourth-order valence-electron chi connectivity index (χ4n) is 1.78. The second kappa shape index (κ2) is 6.87. The first-order chi connectivity index (χ1) is 9.54. The minimum Gasteiger partial charge on any atom is -0.489 e. The van der Waals surface area contributed by atoms with Gasteiger partial charge in [-0.05, 0) is 55.8 Å². The summed E-state index contributed by atoms with van der Waals surface area (Å²) in [6.45, 7) is 4.65. The van der Waals surface area contributed by atoms with Crippen LogP contribution in [-0.2, 0) is 6.54 Å². The van der Waals surface area contributed by atoms with E-state index in [1.807, 2.05) is 56.3 Å². The molecule has 0 aliphatic carbocycles. The average molecular weight is 310 g/mol. The van der Waals surface area contributed by atoms with E-state index in [1.54, 1.807) is 0 Å². The van der Waals surface area contributed by atoms with Gasteiger partial charge in [0.15, 0.2) is 0 Å². The molecule has 0 heterocycles. The van der Waals surface area contributed by atoms with Crippen LogP contribution in [0.3, 0.4) is 0 Å². The van der Waals surface area contributed by atoms with Crippen LogP contribution in [0.5, 0.6) is 5.75 Å². The van der Waals surface area contributed by atoms with Crippen molar-refractivity contribution >= 4 is 28.9 Å². The Morgan fingerprint density at radius 2 is 1.75 bits per heavy atom. The van der Waals surface area contributed by atoms with E-state index < -0.39 is 0 Å². The number of anilines is 1. The highest BCUT2D eigenvalue weighted by molar-refractivity contribution is 6.32. The zero-order valence-corrected chi connectivity index (χ0v) is 13.0. The fourth-order valence-corrected chi connectivity index (χ4v) is 2.15. The van der Waals surface area contributed by atoms with E-state index in [-0.39, 0.29) is 6.10 Å². The van der Waals surface area contributed by atoms with Gasteiger partial charge in [0.2, 0.25) is 0 Å². The lowest BCUT2D eigenvalue weighted by atomic mass is 10.2. The van der Waals surface area contributed by atoms with Crippen LogP contribution >= 0.6 is 23.2 Å². The van der Waals surface area contributed by atoms with E-state index in [0.717, 1.165) is 22.0 Å². The van der Waals surface area contributed by atoms with Crippen molar-refractivity contribution in [2.45, 2.75) is 26.5 Å². The van der Waals surface area contributed by atoms with Gasteiger partial charge in [-0.1, -0.05) is 29.3 Å². The SMILES string of the molecule is CC(C)Oc1ccc(CNc2ccc(Cl)cc2)cc1Cl. The Labute approximate surface area is 129 Å². The van der Waals surface area contributed by atoms with Gasteiger partial charge in [0, 0.05) is 17.3 Å². The van der Waals surface area contributed by atoms with Crippen molar-refractivity contribution in [3.8, 4) is 5.75 Å². The molecule has 0 aliphatic rings. The Morgan fingerprint density at radius 1 is 1.05 bits per heavy atom. The first kappa shape index (κ1) is 15.0. The molecule has 0 spiro atoms. The van der Waals surface area contributed by atoms with Crippen LogP contribution in [0.4, 0.5) is 5.69 Å². The zero-order valence-electron chi connectivity index (χ0n) is 11.5. The summed E-state index contributed by atoms with van der Waals surface area (Å²) in [6.07, 6.45) is 0.116. The summed E-state index contributed by atoms with van der Waals surface area (Å²) in [7, 11) is 0. The molecule has 0 saturated carbocycles. The van der Waals surface area contributed by atoms with Crippen LogP contribution in [0.15, 0.2) is 42.5 Å². The third-order valence-corrected chi connectivity index (χ3v) is 3.25. The third kappa shape index (κ3) is 4.32. The van der Waals surface area contributed by atoms with Crippen LogP contribution < -0.4 is 10.1 Å². The number of rotatable bonds is 5. The lowest BCUT2D eigenvalue weighted by Crippen LogP contribution is -2.06. The average Bonchev–Trinajstić information content (AvgIpc) is 2.40. The van der Waals surface area contributed by atoms with Gasteiger partial charge in [-0.15, -0.1) is 0 Å². The Balaban J connectivity index is 1.99. The topological polar surface area (TPSA) is 21.3 Å². The Bertz CT molecular complexity index is 567. The smallest absolute Gasteiger partial charge is 0.138 e. The maximum Gasteiger partial charge on any atom is 0.138 e. The number of hydrogen-bond acceptors (Lipinski definition) is 2. The van der Waals surface area contributed by atoms with Crippen molar-refractivity contribution < 1.29 is 4.74 Å². The molecule has 1 N–H and O–H groups in total. The molecule has 0 amide bonds. The number of hydrogen-bond donors (Lipinski definition) is 1. The molecule has 0 saturated heterocycles. The highest BCUT2D eigenvalue weighted by Crippen LogP contribution is 2.26. The van der Waals surface area contributed by atoms with Crippen molar-refractivity contribution in [2.24, 2.45) is 0 Å². The van der Waals surface area contributed by atoms with Crippen molar-refractivity contribution in [1.29, 1.82) is 0 Å². The molecule has 0 unspecified atom stereocenters. The highest BCUT2D eigenvalue weighted by Gasteiger charge is 2.05. The number of benzene rings is 2. The van der Waals surface area contributed by atoms with E-state index in [9.17, 15) is 0 Å². The molecule has 2 rings (SSSR count). The minimum atomic E-state index is 0.116. The van der Waals surface area contributed by atoms with Crippen LogP contribution in [-0.4, -0.2) is 6.10 Å². The largest absolute Gasteiger partial charge is 0.489 e. The summed E-state index contributed by atoms with van der Waals surface area (Å²) < 4.78 is 5.61. The number of ether oxygens (including phenoxy) is 1. The van der Waals surface area contributed by atoms with E-state index >= 15 is 0 Å². The van der Waals surface area contributed by atoms with E-state index in [4.69, 9.17) is 27.9 Å². The van der Waals surface area contributed by atoms with Crippen molar-refractivity contribution in [2.75, 3.05) is 5.32 Å². The van der Waals surface area contributed by atoms with Crippen molar-refractivity contribution in [1.82, 2.24) is 0 Å². The van der Waals surface area contributed by atoms with Crippen LogP contribution in [0.25, 0.3) is 0 Å². The summed E-state index contributed by atoms with van der Waals surface area (Å²) in [5.74, 6) is 0.719. The molecule has 2 aromatic rings. The van der Waals surface area contributed by atoms with Gasteiger partial charge in [-0.2, -0.15) is 0 Å². The Hall–Kier alpha value is -1.38. The standard InChI is InChI=1S/C16H17Cl2NO/c1-11(2)20-16-8-3-12(9-15(16)18)10-19-14-6-4-13(17)5-7-14/h3-9,11,19H,10H2,1-2H3. The van der Waals surface area contributed by atoms with Gasteiger partial charge in [0.05, 0.1) is 11.1 Å².